The zero-order valence-corrected chi connectivity index (χ0v) is 23.3. The molecule has 1 aromatic heterocycles. The molecule has 1 aliphatic carbocycles. The van der Waals surface area contributed by atoms with Crippen molar-refractivity contribution >= 4 is 28.6 Å². The van der Waals surface area contributed by atoms with Crippen molar-refractivity contribution in [3.05, 3.63) is 53.7 Å². The van der Waals surface area contributed by atoms with E-state index in [0.29, 0.717) is 47.0 Å². The lowest BCUT2D eigenvalue weighted by Gasteiger charge is -2.34. The Bertz CT molecular complexity index is 1350. The summed E-state index contributed by atoms with van der Waals surface area (Å²) in [5.41, 5.74) is 1.89. The Balaban J connectivity index is 0.00000141. The molecule has 1 aliphatic rings. The van der Waals surface area contributed by atoms with Gasteiger partial charge in [0.2, 0.25) is 0 Å². The quantitative estimate of drug-likeness (QED) is 0.229. The zero-order chi connectivity index (χ0) is 29.3. The summed E-state index contributed by atoms with van der Waals surface area (Å²) in [5, 5.41) is 20.2. The van der Waals surface area contributed by atoms with E-state index in [9.17, 15) is 23.1 Å². The van der Waals surface area contributed by atoms with Gasteiger partial charge >= 0.3 is 6.18 Å². The molecule has 10 heteroatoms. The third kappa shape index (κ3) is 8.41. The first-order valence-electron chi connectivity index (χ1n) is 13.1. The smallest absolute Gasteiger partial charge is 0.406 e. The van der Waals surface area contributed by atoms with Gasteiger partial charge in [0.15, 0.2) is 0 Å². The molecular weight excluding hydrogens is 521 g/mol. The number of aromatic nitrogens is 1. The van der Waals surface area contributed by atoms with Crippen LogP contribution in [0.4, 0.5) is 24.5 Å². The van der Waals surface area contributed by atoms with Crippen molar-refractivity contribution in [1.29, 1.82) is 0 Å². The van der Waals surface area contributed by atoms with E-state index in [1.807, 2.05) is 27.1 Å². The fourth-order valence-corrected chi connectivity index (χ4v) is 4.67. The van der Waals surface area contributed by atoms with Gasteiger partial charge in [-0.3, -0.25) is 4.79 Å². The molecule has 0 spiro atoms. The molecule has 7 nitrogen and oxygen atoms in total. The Morgan fingerprint density at radius 3 is 2.48 bits per heavy atom. The Labute approximate surface area is 233 Å². The Hall–Kier alpha value is -3.68. The van der Waals surface area contributed by atoms with Crippen molar-refractivity contribution in [3.8, 4) is 17.6 Å². The Morgan fingerprint density at radius 2 is 1.85 bits per heavy atom. The maximum absolute atomic E-state index is 13.5. The molecule has 0 atom stereocenters. The predicted molar refractivity (Wildman–Crippen MR) is 153 cm³/mol. The number of alkyl halides is 3. The highest BCUT2D eigenvalue weighted by molar-refractivity contribution is 5.94. The van der Waals surface area contributed by atoms with Crippen molar-refractivity contribution in [2.45, 2.75) is 57.0 Å². The lowest BCUT2D eigenvalue weighted by Crippen LogP contribution is -2.35. The second-order valence-corrected chi connectivity index (χ2v) is 10.1. The highest BCUT2D eigenvalue weighted by atomic mass is 19.4. The van der Waals surface area contributed by atoms with Crippen molar-refractivity contribution < 1.29 is 27.8 Å². The third-order valence-corrected chi connectivity index (χ3v) is 6.65. The van der Waals surface area contributed by atoms with Gasteiger partial charge in [-0.15, -0.1) is 0 Å². The lowest BCUT2D eigenvalue weighted by atomic mass is 9.83. The lowest BCUT2D eigenvalue weighted by molar-refractivity contribution is -0.140. The second kappa shape index (κ2) is 13.6. The summed E-state index contributed by atoms with van der Waals surface area (Å²) >= 11 is 0. The molecule has 4 N–H and O–H groups in total. The summed E-state index contributed by atoms with van der Waals surface area (Å²) in [4.78, 5) is 11.0. The first-order chi connectivity index (χ1) is 19.0. The summed E-state index contributed by atoms with van der Waals surface area (Å²) in [6.07, 6.45) is -0.798. The van der Waals surface area contributed by atoms with E-state index in [0.717, 1.165) is 18.5 Å². The van der Waals surface area contributed by atoms with E-state index in [1.165, 1.54) is 11.7 Å². The standard InChI is InChI=1S/C28H30F3N3O3.C2H7N/c1-27(36)12-10-20(11-13-27)33-23-6-3-7-25-22(23)16-21(34(25)18-28(29,30)31)5-4-14-32-24-9-8-19(17-35)15-26(24)37-2;1-3-2/h3,6-9,15-17,20,32-33,36H,10-14,18H2,1-2H3;3H,1-2H3. The third-order valence-electron chi connectivity index (χ3n) is 6.65. The number of rotatable bonds is 7. The highest BCUT2D eigenvalue weighted by Crippen LogP contribution is 2.34. The molecule has 1 heterocycles. The number of fused-ring (bicyclic) bond motifs is 1. The van der Waals surface area contributed by atoms with Gasteiger partial charge in [0.1, 0.15) is 18.6 Å². The van der Waals surface area contributed by atoms with Gasteiger partial charge in [-0.1, -0.05) is 12.0 Å². The van der Waals surface area contributed by atoms with Crippen LogP contribution in [-0.2, 0) is 6.54 Å². The first-order valence-corrected chi connectivity index (χ1v) is 13.1. The van der Waals surface area contributed by atoms with Gasteiger partial charge in [-0.05, 0) is 89.0 Å². The van der Waals surface area contributed by atoms with Gasteiger partial charge in [-0.25, -0.2) is 0 Å². The number of halogens is 3. The predicted octanol–water partition coefficient (Wildman–Crippen LogP) is 5.43. The molecule has 3 aromatic rings. The monoisotopic (exact) mass is 558 g/mol. The van der Waals surface area contributed by atoms with Crippen LogP contribution in [0.25, 0.3) is 10.9 Å². The minimum atomic E-state index is -4.41. The minimum Gasteiger partial charge on any atom is -0.495 e. The highest BCUT2D eigenvalue weighted by Gasteiger charge is 2.31. The average molecular weight is 559 g/mol. The van der Waals surface area contributed by atoms with E-state index < -0.39 is 18.3 Å². The summed E-state index contributed by atoms with van der Waals surface area (Å²) in [6, 6.07) is 12.0. The van der Waals surface area contributed by atoms with Crippen molar-refractivity contribution in [2.24, 2.45) is 0 Å². The van der Waals surface area contributed by atoms with Crippen molar-refractivity contribution in [3.63, 3.8) is 0 Å². The van der Waals surface area contributed by atoms with Crippen LogP contribution < -0.4 is 20.7 Å². The summed E-state index contributed by atoms with van der Waals surface area (Å²) in [7, 11) is 5.23. The molecule has 0 bridgehead atoms. The van der Waals surface area contributed by atoms with Crippen LogP contribution in [0.15, 0.2) is 42.5 Å². The van der Waals surface area contributed by atoms with E-state index >= 15 is 0 Å². The van der Waals surface area contributed by atoms with Crippen LogP contribution >= 0.6 is 0 Å². The maximum atomic E-state index is 13.5. The zero-order valence-electron chi connectivity index (χ0n) is 23.3. The molecule has 0 radical (unpaired) electrons. The van der Waals surface area contributed by atoms with Crippen LogP contribution in [0.1, 0.15) is 48.7 Å². The number of hydrogen-bond donors (Lipinski definition) is 4. The number of anilines is 2. The van der Waals surface area contributed by atoms with Crippen LogP contribution in [-0.4, -0.2) is 61.5 Å². The van der Waals surface area contributed by atoms with Crippen molar-refractivity contribution in [1.82, 2.24) is 9.88 Å². The Morgan fingerprint density at radius 1 is 1.15 bits per heavy atom. The summed E-state index contributed by atoms with van der Waals surface area (Å²) < 4.78 is 46.9. The number of benzene rings is 2. The number of carbonyl (C=O) groups excluding carboxylic acids is 1. The number of nitrogens with zero attached hydrogens (tertiary/aromatic N) is 1. The number of aliphatic hydroxyl groups is 1. The maximum Gasteiger partial charge on any atom is 0.406 e. The molecule has 0 unspecified atom stereocenters. The Kier molecular flexibility index (Phi) is 10.5. The molecule has 0 amide bonds. The van der Waals surface area contributed by atoms with E-state index in [4.69, 9.17) is 4.74 Å². The molecule has 0 aliphatic heterocycles. The van der Waals surface area contributed by atoms with Gasteiger partial charge in [-0.2, -0.15) is 13.2 Å². The topological polar surface area (TPSA) is 87.6 Å². The van der Waals surface area contributed by atoms with Crippen LogP contribution in [0.5, 0.6) is 5.75 Å². The second-order valence-electron chi connectivity index (χ2n) is 10.1. The minimum absolute atomic E-state index is 0.135. The van der Waals surface area contributed by atoms with Crippen LogP contribution in [0.2, 0.25) is 0 Å². The van der Waals surface area contributed by atoms with Gasteiger partial charge in [0.05, 0.1) is 36.2 Å². The normalized spacial score (nSPS) is 18.6. The first kappa shape index (κ1) is 30.9. The molecule has 40 heavy (non-hydrogen) atoms. The molecule has 1 saturated carbocycles. The van der Waals surface area contributed by atoms with Crippen LogP contribution in [0.3, 0.4) is 0 Å². The van der Waals surface area contributed by atoms with Gasteiger partial charge in [0.25, 0.3) is 0 Å². The molecule has 1 fully saturated rings. The van der Waals surface area contributed by atoms with Gasteiger partial charge in [0, 0.05) is 22.7 Å². The molecule has 2 aromatic carbocycles. The number of nitrogens with one attached hydrogen (secondary N) is 3. The van der Waals surface area contributed by atoms with Crippen LogP contribution in [0, 0.1) is 11.8 Å². The fraction of sp³-hybridized carbons (Fsp3) is 0.433. The SMILES string of the molecule is CNC.COc1cc(C=O)ccc1NCC#Cc1cc2c(NC3CCC(C)(O)CC3)cccc2n1CC(F)(F)F. The number of methoxy groups -OCH3 is 1. The number of carbonyl (C=O) groups is 1. The molecule has 216 valence electrons. The summed E-state index contributed by atoms with van der Waals surface area (Å²) in [5.74, 6) is 6.26. The fourth-order valence-electron chi connectivity index (χ4n) is 4.67. The number of ether oxygens (including phenoxy) is 1. The van der Waals surface area contributed by atoms with E-state index in [-0.39, 0.29) is 18.3 Å². The average Bonchev–Trinajstić information content (AvgIpc) is 3.25. The van der Waals surface area contributed by atoms with E-state index in [2.05, 4.69) is 27.8 Å². The molecular formula is C30H37F3N4O3. The number of hydrogen-bond acceptors (Lipinski definition) is 6. The van der Waals surface area contributed by atoms with Crippen molar-refractivity contribution in [2.75, 3.05) is 38.4 Å². The largest absolute Gasteiger partial charge is 0.495 e. The molecule has 4 rings (SSSR count). The molecule has 0 saturated heterocycles. The summed E-state index contributed by atoms with van der Waals surface area (Å²) in [6.45, 7) is 0.847. The van der Waals surface area contributed by atoms with Gasteiger partial charge < -0.3 is 30.4 Å². The van der Waals surface area contributed by atoms with E-state index in [1.54, 1.807) is 36.4 Å². The number of aldehydes is 1.